The van der Waals surface area contributed by atoms with Crippen molar-refractivity contribution in [2.45, 2.75) is 78.1 Å². The van der Waals surface area contributed by atoms with Crippen molar-refractivity contribution in [3.63, 3.8) is 0 Å². The SMILES string of the molecule is CCCCOC(=O)CCc1cc(CO[Si](C)(C)C(C)(C)C)cc(OC)n1. The molecule has 0 N–H and O–H groups in total. The van der Waals surface area contributed by atoms with E-state index in [-0.39, 0.29) is 11.0 Å². The predicted octanol–water partition coefficient (Wildman–Crippen LogP) is 4.89. The van der Waals surface area contributed by atoms with Gasteiger partial charge in [0.2, 0.25) is 5.88 Å². The molecule has 0 bridgehead atoms. The lowest BCUT2D eigenvalue weighted by Gasteiger charge is -2.36. The van der Waals surface area contributed by atoms with Crippen LogP contribution in [0.2, 0.25) is 18.1 Å². The van der Waals surface area contributed by atoms with Crippen LogP contribution in [-0.2, 0) is 27.0 Å². The molecular weight excluding hydrogens is 346 g/mol. The summed E-state index contributed by atoms with van der Waals surface area (Å²) >= 11 is 0. The van der Waals surface area contributed by atoms with E-state index < -0.39 is 8.32 Å². The molecule has 0 saturated carbocycles. The number of methoxy groups -OCH3 is 1. The Kier molecular flexibility index (Phi) is 8.76. The number of hydrogen-bond acceptors (Lipinski definition) is 5. The van der Waals surface area contributed by atoms with E-state index in [1.165, 1.54) is 0 Å². The summed E-state index contributed by atoms with van der Waals surface area (Å²) in [6, 6.07) is 3.89. The van der Waals surface area contributed by atoms with Gasteiger partial charge in [0, 0.05) is 18.2 Å². The summed E-state index contributed by atoms with van der Waals surface area (Å²) in [5.41, 5.74) is 1.85. The van der Waals surface area contributed by atoms with Crippen molar-refractivity contribution in [2.75, 3.05) is 13.7 Å². The van der Waals surface area contributed by atoms with Gasteiger partial charge in [-0.2, -0.15) is 0 Å². The predicted molar refractivity (Wildman–Crippen MR) is 107 cm³/mol. The van der Waals surface area contributed by atoms with Gasteiger partial charge in [-0.3, -0.25) is 4.79 Å². The Morgan fingerprint density at radius 1 is 1.23 bits per heavy atom. The summed E-state index contributed by atoms with van der Waals surface area (Å²) in [6.07, 6.45) is 2.78. The lowest BCUT2D eigenvalue weighted by atomic mass is 10.1. The monoisotopic (exact) mass is 381 g/mol. The van der Waals surface area contributed by atoms with Crippen LogP contribution >= 0.6 is 0 Å². The third-order valence-corrected chi connectivity index (χ3v) is 9.35. The first-order valence-corrected chi connectivity index (χ1v) is 12.3. The third-order valence-electron chi connectivity index (χ3n) is 4.88. The molecule has 0 fully saturated rings. The largest absolute Gasteiger partial charge is 0.481 e. The molecule has 0 aliphatic heterocycles. The molecule has 26 heavy (non-hydrogen) atoms. The van der Waals surface area contributed by atoms with Gasteiger partial charge < -0.3 is 13.9 Å². The fourth-order valence-corrected chi connectivity index (χ4v) is 3.01. The molecule has 0 radical (unpaired) electrons. The van der Waals surface area contributed by atoms with Crippen LogP contribution in [0.15, 0.2) is 12.1 Å². The third kappa shape index (κ3) is 7.46. The van der Waals surface area contributed by atoms with Gasteiger partial charge in [-0.25, -0.2) is 4.98 Å². The second-order valence-electron chi connectivity index (χ2n) is 8.13. The molecule has 5 nitrogen and oxygen atoms in total. The minimum absolute atomic E-state index is 0.162. The number of ether oxygens (including phenoxy) is 2. The number of carbonyl (C=O) groups is 1. The molecule has 0 aromatic carbocycles. The maximum atomic E-state index is 11.8. The second-order valence-corrected chi connectivity index (χ2v) is 12.9. The van der Waals surface area contributed by atoms with E-state index in [1.54, 1.807) is 7.11 Å². The molecule has 1 aromatic rings. The van der Waals surface area contributed by atoms with Crippen LogP contribution in [0.25, 0.3) is 0 Å². The molecule has 148 valence electrons. The van der Waals surface area contributed by atoms with Crippen LogP contribution in [0.5, 0.6) is 5.88 Å². The van der Waals surface area contributed by atoms with Gasteiger partial charge in [0.05, 0.1) is 26.7 Å². The number of unbranched alkanes of at least 4 members (excludes halogenated alkanes) is 1. The Hall–Kier alpha value is -1.40. The van der Waals surface area contributed by atoms with Crippen LogP contribution in [0.1, 0.15) is 58.2 Å². The summed E-state index contributed by atoms with van der Waals surface area (Å²) in [5.74, 6) is 0.373. The Morgan fingerprint density at radius 3 is 2.50 bits per heavy atom. The average molecular weight is 382 g/mol. The van der Waals surface area contributed by atoms with Gasteiger partial charge in [-0.15, -0.1) is 0 Å². The first-order valence-electron chi connectivity index (χ1n) is 9.42. The van der Waals surface area contributed by atoms with Gasteiger partial charge in [0.25, 0.3) is 0 Å². The molecule has 0 unspecified atom stereocenters. The van der Waals surface area contributed by atoms with E-state index in [0.717, 1.165) is 24.1 Å². The zero-order valence-corrected chi connectivity index (χ0v) is 18.5. The van der Waals surface area contributed by atoms with E-state index in [2.05, 4.69) is 45.8 Å². The maximum Gasteiger partial charge on any atom is 0.306 e. The summed E-state index contributed by atoms with van der Waals surface area (Å²) in [7, 11) is -0.222. The molecule has 1 aromatic heterocycles. The standard InChI is InChI=1S/C20H35NO4Si/c1-8-9-12-24-19(22)11-10-17-13-16(14-18(21-17)23-5)15-25-26(6,7)20(2,3)4/h13-14H,8-12,15H2,1-7H3. The molecule has 0 saturated heterocycles. The van der Waals surface area contributed by atoms with Crippen LogP contribution < -0.4 is 4.74 Å². The Morgan fingerprint density at radius 2 is 1.92 bits per heavy atom. The second kappa shape index (κ2) is 10.1. The van der Waals surface area contributed by atoms with Gasteiger partial charge in [0.15, 0.2) is 8.32 Å². The number of carbonyl (C=O) groups excluding carboxylic acids is 1. The molecule has 0 aliphatic rings. The van der Waals surface area contributed by atoms with E-state index >= 15 is 0 Å². The summed E-state index contributed by atoms with van der Waals surface area (Å²) in [4.78, 5) is 16.2. The molecule has 0 aliphatic carbocycles. The van der Waals surface area contributed by atoms with E-state index in [0.29, 0.717) is 31.9 Å². The number of aromatic nitrogens is 1. The highest BCUT2D eigenvalue weighted by Crippen LogP contribution is 2.37. The zero-order valence-electron chi connectivity index (χ0n) is 17.5. The topological polar surface area (TPSA) is 57.7 Å². The fraction of sp³-hybridized carbons (Fsp3) is 0.700. The molecule has 1 heterocycles. The van der Waals surface area contributed by atoms with Crippen LogP contribution in [0.4, 0.5) is 0 Å². The number of esters is 1. The number of aryl methyl sites for hydroxylation is 1. The zero-order chi connectivity index (χ0) is 19.8. The summed E-state index contributed by atoms with van der Waals surface area (Å²) in [5, 5.41) is 0.162. The van der Waals surface area contributed by atoms with Gasteiger partial charge in [0.1, 0.15) is 0 Å². The molecule has 0 spiro atoms. The quantitative estimate of drug-likeness (QED) is 0.328. The minimum atomic E-state index is -1.82. The van der Waals surface area contributed by atoms with Crippen molar-refractivity contribution >= 4 is 14.3 Å². The van der Waals surface area contributed by atoms with Crippen molar-refractivity contribution in [3.8, 4) is 5.88 Å². The Labute approximate surface area is 159 Å². The fourth-order valence-electron chi connectivity index (χ4n) is 2.05. The number of nitrogens with zero attached hydrogens (tertiary/aromatic N) is 1. The summed E-state index contributed by atoms with van der Waals surface area (Å²) < 4.78 is 16.8. The molecule has 0 atom stereocenters. The van der Waals surface area contributed by atoms with Crippen molar-refractivity contribution in [1.82, 2.24) is 4.98 Å². The number of pyridine rings is 1. The van der Waals surface area contributed by atoms with Gasteiger partial charge >= 0.3 is 5.97 Å². The minimum Gasteiger partial charge on any atom is -0.481 e. The Balaban J connectivity index is 2.71. The van der Waals surface area contributed by atoms with Crippen molar-refractivity contribution in [1.29, 1.82) is 0 Å². The smallest absolute Gasteiger partial charge is 0.306 e. The molecule has 0 amide bonds. The van der Waals surface area contributed by atoms with Gasteiger partial charge in [-0.05, 0) is 36.2 Å². The normalized spacial score (nSPS) is 12.1. The van der Waals surface area contributed by atoms with Crippen molar-refractivity contribution in [2.24, 2.45) is 0 Å². The first kappa shape index (κ1) is 22.6. The van der Waals surface area contributed by atoms with Crippen molar-refractivity contribution < 1.29 is 18.7 Å². The van der Waals surface area contributed by atoms with Crippen LogP contribution in [0.3, 0.4) is 0 Å². The molecule has 1 rings (SSSR count). The molecular formula is C20H35NO4Si. The lowest BCUT2D eigenvalue weighted by molar-refractivity contribution is -0.143. The van der Waals surface area contributed by atoms with E-state index in [4.69, 9.17) is 13.9 Å². The number of hydrogen-bond donors (Lipinski definition) is 0. The lowest BCUT2D eigenvalue weighted by Crippen LogP contribution is -2.40. The molecule has 6 heteroatoms. The van der Waals surface area contributed by atoms with E-state index in [9.17, 15) is 4.79 Å². The van der Waals surface area contributed by atoms with Crippen molar-refractivity contribution in [3.05, 3.63) is 23.4 Å². The average Bonchev–Trinajstić information content (AvgIpc) is 2.57. The highest BCUT2D eigenvalue weighted by Gasteiger charge is 2.37. The first-order chi connectivity index (χ1) is 12.1. The maximum absolute atomic E-state index is 11.8. The van der Waals surface area contributed by atoms with Crippen LogP contribution in [-0.4, -0.2) is 33.0 Å². The van der Waals surface area contributed by atoms with E-state index in [1.807, 2.05) is 12.1 Å². The summed E-state index contributed by atoms with van der Waals surface area (Å²) in [6.45, 7) is 14.2. The number of rotatable bonds is 10. The Bertz CT molecular complexity index is 582. The van der Waals surface area contributed by atoms with Gasteiger partial charge in [-0.1, -0.05) is 34.1 Å². The highest BCUT2D eigenvalue weighted by atomic mass is 28.4. The van der Waals surface area contributed by atoms with Crippen LogP contribution in [0, 0.1) is 0 Å². The highest BCUT2D eigenvalue weighted by molar-refractivity contribution is 6.74.